The monoisotopic (exact) mass is 221 g/mol. The van der Waals surface area contributed by atoms with Gasteiger partial charge < -0.3 is 5.73 Å². The molecule has 0 saturated heterocycles. The molecular formula is C11H12ClN3. The average Bonchev–Trinajstić information content (AvgIpc) is 2.49. The molecule has 0 bridgehead atoms. The first-order valence-electron chi connectivity index (χ1n) is 4.66. The lowest BCUT2D eigenvalue weighted by Crippen LogP contribution is -1.90. The Labute approximate surface area is 93.3 Å². The van der Waals surface area contributed by atoms with Crippen molar-refractivity contribution in [2.45, 2.75) is 13.8 Å². The zero-order valence-electron chi connectivity index (χ0n) is 8.63. The zero-order chi connectivity index (χ0) is 11.0. The van der Waals surface area contributed by atoms with E-state index in [4.69, 9.17) is 17.3 Å². The number of nitrogen functional groups attached to an aromatic ring is 1. The summed E-state index contributed by atoms with van der Waals surface area (Å²) in [5.74, 6) is 0. The summed E-state index contributed by atoms with van der Waals surface area (Å²) in [6, 6.07) is 6.13. The van der Waals surface area contributed by atoms with Crippen LogP contribution in [0, 0.1) is 13.8 Å². The van der Waals surface area contributed by atoms with E-state index in [1.165, 1.54) is 5.56 Å². The summed E-state index contributed by atoms with van der Waals surface area (Å²) in [7, 11) is 0. The highest BCUT2D eigenvalue weighted by Gasteiger charge is 2.11. The maximum Gasteiger partial charge on any atom is 0.148 e. The maximum absolute atomic E-state index is 5.82. The fourth-order valence-electron chi connectivity index (χ4n) is 1.61. The molecule has 0 amide bonds. The molecule has 0 atom stereocenters. The van der Waals surface area contributed by atoms with E-state index in [0.717, 1.165) is 16.8 Å². The summed E-state index contributed by atoms with van der Waals surface area (Å²) in [6.45, 7) is 4.09. The quantitative estimate of drug-likeness (QED) is 0.778. The standard InChI is InChI=1S/C11H12ClN3/c1-6-3-4-8(7(2)5-6)10-9(13)11(12)15-14-10/h3-5H,13H2,1-2H3,(H,14,15). The first-order valence-corrected chi connectivity index (χ1v) is 5.04. The molecule has 3 nitrogen and oxygen atoms in total. The van der Waals surface area contributed by atoms with Crippen molar-refractivity contribution in [2.75, 3.05) is 5.73 Å². The third kappa shape index (κ3) is 1.70. The highest BCUT2D eigenvalue weighted by atomic mass is 35.5. The van der Waals surface area contributed by atoms with E-state index >= 15 is 0 Å². The summed E-state index contributed by atoms with van der Waals surface area (Å²) in [5, 5.41) is 7.16. The zero-order valence-corrected chi connectivity index (χ0v) is 9.39. The Bertz CT molecular complexity index is 503. The van der Waals surface area contributed by atoms with E-state index in [9.17, 15) is 0 Å². The van der Waals surface area contributed by atoms with E-state index in [2.05, 4.69) is 23.2 Å². The fourth-order valence-corrected chi connectivity index (χ4v) is 1.75. The number of halogens is 1. The number of rotatable bonds is 1. The molecule has 0 radical (unpaired) electrons. The van der Waals surface area contributed by atoms with Gasteiger partial charge in [0.1, 0.15) is 10.8 Å². The van der Waals surface area contributed by atoms with Gasteiger partial charge in [0.25, 0.3) is 0 Å². The van der Waals surface area contributed by atoms with Crippen LogP contribution in [0.3, 0.4) is 0 Å². The lowest BCUT2D eigenvalue weighted by Gasteiger charge is -2.04. The van der Waals surface area contributed by atoms with Gasteiger partial charge in [-0.25, -0.2) is 0 Å². The largest absolute Gasteiger partial charge is 0.394 e. The Morgan fingerprint density at radius 2 is 2.07 bits per heavy atom. The molecule has 4 heteroatoms. The predicted molar refractivity (Wildman–Crippen MR) is 62.9 cm³/mol. The molecule has 3 N–H and O–H groups in total. The Morgan fingerprint density at radius 3 is 2.60 bits per heavy atom. The Hall–Kier alpha value is -1.48. The number of aryl methyl sites for hydroxylation is 2. The molecule has 0 saturated carbocycles. The van der Waals surface area contributed by atoms with Crippen LogP contribution in [0.2, 0.25) is 5.15 Å². The second-order valence-electron chi connectivity index (χ2n) is 3.62. The first kappa shape index (κ1) is 10.1. The number of hydrogen-bond acceptors (Lipinski definition) is 2. The van der Waals surface area contributed by atoms with E-state index < -0.39 is 0 Å². The Morgan fingerprint density at radius 1 is 1.33 bits per heavy atom. The molecule has 15 heavy (non-hydrogen) atoms. The molecular weight excluding hydrogens is 210 g/mol. The molecule has 0 unspecified atom stereocenters. The van der Waals surface area contributed by atoms with Crippen LogP contribution in [0.4, 0.5) is 5.69 Å². The van der Waals surface area contributed by atoms with Crippen molar-refractivity contribution < 1.29 is 0 Å². The Balaban J connectivity index is 2.59. The minimum Gasteiger partial charge on any atom is -0.394 e. The third-order valence-electron chi connectivity index (χ3n) is 2.39. The molecule has 0 spiro atoms. The smallest absolute Gasteiger partial charge is 0.148 e. The van der Waals surface area contributed by atoms with E-state index in [-0.39, 0.29) is 0 Å². The lowest BCUT2D eigenvalue weighted by atomic mass is 10.0. The van der Waals surface area contributed by atoms with Gasteiger partial charge in [-0.15, -0.1) is 0 Å². The van der Waals surface area contributed by atoms with Crippen LogP contribution in [-0.4, -0.2) is 10.2 Å². The van der Waals surface area contributed by atoms with Gasteiger partial charge in [0.15, 0.2) is 0 Å². The van der Waals surface area contributed by atoms with Crippen molar-refractivity contribution in [3.63, 3.8) is 0 Å². The number of hydrogen-bond donors (Lipinski definition) is 2. The average molecular weight is 222 g/mol. The predicted octanol–water partition coefficient (Wildman–Crippen LogP) is 2.93. The topological polar surface area (TPSA) is 54.7 Å². The molecule has 1 aromatic heterocycles. The summed E-state index contributed by atoms with van der Waals surface area (Å²) < 4.78 is 0. The molecule has 0 aliphatic carbocycles. The van der Waals surface area contributed by atoms with Crippen molar-refractivity contribution in [2.24, 2.45) is 0 Å². The van der Waals surface area contributed by atoms with Crippen LogP contribution >= 0.6 is 11.6 Å². The number of benzene rings is 1. The molecule has 1 heterocycles. The number of aromatic amines is 1. The van der Waals surface area contributed by atoms with Gasteiger partial charge in [-0.2, -0.15) is 5.10 Å². The first-order chi connectivity index (χ1) is 7.09. The maximum atomic E-state index is 5.82. The van der Waals surface area contributed by atoms with Crippen molar-refractivity contribution >= 4 is 17.3 Å². The minimum absolute atomic E-state index is 0.393. The molecule has 0 aliphatic rings. The van der Waals surface area contributed by atoms with Gasteiger partial charge in [-0.3, -0.25) is 5.10 Å². The van der Waals surface area contributed by atoms with Crippen LogP contribution in [0.25, 0.3) is 11.3 Å². The van der Waals surface area contributed by atoms with E-state index in [1.54, 1.807) is 0 Å². The van der Waals surface area contributed by atoms with Crippen LogP contribution in [0.15, 0.2) is 18.2 Å². The van der Waals surface area contributed by atoms with Gasteiger partial charge >= 0.3 is 0 Å². The van der Waals surface area contributed by atoms with Gasteiger partial charge in [-0.1, -0.05) is 35.4 Å². The number of nitrogens with two attached hydrogens (primary N) is 1. The van der Waals surface area contributed by atoms with Gasteiger partial charge in [-0.05, 0) is 19.4 Å². The lowest BCUT2D eigenvalue weighted by molar-refractivity contribution is 1.09. The highest BCUT2D eigenvalue weighted by molar-refractivity contribution is 6.32. The summed E-state index contributed by atoms with van der Waals surface area (Å²) in [4.78, 5) is 0. The number of aromatic nitrogens is 2. The molecule has 0 fully saturated rings. The number of anilines is 1. The molecule has 2 aromatic rings. The second kappa shape index (κ2) is 3.59. The van der Waals surface area contributed by atoms with Crippen LogP contribution in [0.1, 0.15) is 11.1 Å². The summed E-state index contributed by atoms with van der Waals surface area (Å²) in [6.07, 6.45) is 0. The molecule has 78 valence electrons. The fraction of sp³-hybridized carbons (Fsp3) is 0.182. The van der Waals surface area contributed by atoms with Crippen LogP contribution in [-0.2, 0) is 0 Å². The van der Waals surface area contributed by atoms with Crippen LogP contribution in [0.5, 0.6) is 0 Å². The summed E-state index contributed by atoms with van der Waals surface area (Å²) >= 11 is 5.82. The second-order valence-corrected chi connectivity index (χ2v) is 4.00. The van der Waals surface area contributed by atoms with Crippen molar-refractivity contribution in [3.05, 3.63) is 34.5 Å². The van der Waals surface area contributed by atoms with Crippen molar-refractivity contribution in [3.8, 4) is 11.3 Å². The van der Waals surface area contributed by atoms with Gasteiger partial charge in [0.05, 0.1) is 5.69 Å². The number of nitrogens with one attached hydrogen (secondary N) is 1. The SMILES string of the molecule is Cc1ccc(-c2n[nH]c(Cl)c2N)c(C)c1. The molecule has 0 aliphatic heterocycles. The Kier molecular flexibility index (Phi) is 2.40. The van der Waals surface area contributed by atoms with Gasteiger partial charge in [0.2, 0.25) is 0 Å². The van der Waals surface area contributed by atoms with Crippen LogP contribution < -0.4 is 5.73 Å². The third-order valence-corrected chi connectivity index (χ3v) is 2.68. The highest BCUT2D eigenvalue weighted by Crippen LogP contribution is 2.31. The normalized spacial score (nSPS) is 10.6. The molecule has 1 aromatic carbocycles. The summed E-state index contributed by atoms with van der Waals surface area (Å²) in [5.41, 5.74) is 10.4. The van der Waals surface area contributed by atoms with E-state index in [1.807, 2.05) is 19.1 Å². The number of nitrogens with zero attached hydrogens (tertiary/aromatic N) is 1. The van der Waals surface area contributed by atoms with Crippen molar-refractivity contribution in [1.29, 1.82) is 0 Å². The van der Waals surface area contributed by atoms with E-state index in [0.29, 0.717) is 10.8 Å². The van der Waals surface area contributed by atoms with Crippen molar-refractivity contribution in [1.82, 2.24) is 10.2 Å². The molecule has 2 rings (SSSR count). The van der Waals surface area contributed by atoms with Gasteiger partial charge in [0, 0.05) is 5.56 Å². The minimum atomic E-state index is 0.393. The number of H-pyrrole nitrogens is 1.